The Labute approximate surface area is 431 Å². The summed E-state index contributed by atoms with van der Waals surface area (Å²) in [5, 5.41) is 2.46. The monoisotopic (exact) mass is 938 g/mol. The number of hydrogen-bond acceptors (Lipinski definition) is 2. The van der Waals surface area contributed by atoms with Gasteiger partial charge in [0.1, 0.15) is 0 Å². The van der Waals surface area contributed by atoms with Gasteiger partial charge in [0.2, 0.25) is 0 Å². The van der Waals surface area contributed by atoms with Crippen molar-refractivity contribution in [2.75, 3.05) is 9.80 Å². The van der Waals surface area contributed by atoms with E-state index in [0.717, 1.165) is 34.1 Å². The lowest BCUT2D eigenvalue weighted by molar-refractivity contribution is 0.793. The van der Waals surface area contributed by atoms with Crippen LogP contribution >= 0.6 is 0 Å². The largest absolute Gasteiger partial charge is 0.310 e. The van der Waals surface area contributed by atoms with Crippen LogP contribution in [0.25, 0.3) is 55.3 Å². The molecule has 2 nitrogen and oxygen atoms in total. The van der Waals surface area contributed by atoms with E-state index in [1.54, 1.807) is 0 Å². The van der Waals surface area contributed by atoms with Crippen LogP contribution in [0.5, 0.6) is 0 Å². The molecule has 4 aliphatic rings. The fourth-order valence-corrected chi connectivity index (χ4v) is 14.2. The molecule has 2 spiro atoms. The van der Waals surface area contributed by atoms with Gasteiger partial charge in [0, 0.05) is 33.7 Å². The SMILES string of the molecule is c1ccc(N(c2ccc3c(c2)C2(c4ccccc4-c4ccccc42)c2ccccc2-3)c2cccc3c2-c2ccccc2C32c3ccccc3-c3c2cc(N(c2ccccc2)c2ccccc2)c2ccccc32)cc1. The van der Waals surface area contributed by atoms with E-state index in [2.05, 4.69) is 289 Å². The average Bonchev–Trinajstić information content (AvgIpc) is 4.17. The second-order valence-corrected chi connectivity index (χ2v) is 20.2. The summed E-state index contributed by atoms with van der Waals surface area (Å²) in [5.41, 5.74) is 26.5. The predicted octanol–water partition coefficient (Wildman–Crippen LogP) is 18.5. The smallest absolute Gasteiger partial charge is 0.0727 e. The zero-order valence-corrected chi connectivity index (χ0v) is 40.5. The molecule has 0 saturated heterocycles. The Balaban J connectivity index is 0.981. The summed E-state index contributed by atoms with van der Waals surface area (Å²) >= 11 is 0. The normalized spacial score (nSPS) is 15.2. The van der Waals surface area contributed by atoms with Gasteiger partial charge < -0.3 is 9.80 Å². The van der Waals surface area contributed by atoms with Crippen LogP contribution < -0.4 is 9.80 Å². The third-order valence-corrected chi connectivity index (χ3v) is 16.8. The minimum atomic E-state index is -0.630. The number of anilines is 6. The maximum Gasteiger partial charge on any atom is 0.0727 e. The van der Waals surface area contributed by atoms with Gasteiger partial charge in [0.15, 0.2) is 0 Å². The molecule has 1 unspecified atom stereocenters. The van der Waals surface area contributed by atoms with E-state index in [1.165, 1.54) is 99.8 Å². The minimum Gasteiger partial charge on any atom is -0.310 e. The minimum absolute atomic E-state index is 0.474. The summed E-state index contributed by atoms with van der Waals surface area (Å²) in [6, 6.07) is 105. The summed E-state index contributed by atoms with van der Waals surface area (Å²) in [6.07, 6.45) is 0. The van der Waals surface area contributed by atoms with Gasteiger partial charge in [-0.25, -0.2) is 0 Å². The van der Waals surface area contributed by atoms with Gasteiger partial charge in [0.25, 0.3) is 0 Å². The topological polar surface area (TPSA) is 6.48 Å². The third-order valence-electron chi connectivity index (χ3n) is 16.8. The van der Waals surface area contributed by atoms with Crippen molar-refractivity contribution in [2.24, 2.45) is 0 Å². The highest BCUT2D eigenvalue weighted by molar-refractivity contribution is 6.13. The van der Waals surface area contributed by atoms with E-state index in [4.69, 9.17) is 0 Å². The van der Waals surface area contributed by atoms with Crippen LogP contribution in [0.4, 0.5) is 34.1 Å². The maximum atomic E-state index is 2.54. The van der Waals surface area contributed by atoms with Gasteiger partial charge in [0.05, 0.1) is 22.2 Å². The first-order valence-electron chi connectivity index (χ1n) is 25.8. The number of hydrogen-bond donors (Lipinski definition) is 0. The standard InChI is InChI=1S/C72H46N2/c1-4-23-47(24-5-1)73(48-25-6-2-7-26-48)68-46-66-69(56-33-11-10-32-55(56)68)57-34-15-20-39-62(57)72(66)63-40-21-16-35-58(63)70-64(72)41-22-42-67(70)74(49-27-8-3-9-28-49)50-43-44-54-53-31-14-19-38-61(53)71(65(54)45-50)59-36-17-12-29-51(59)52-30-13-18-37-60(52)71/h1-46H. The molecule has 0 N–H and O–H groups in total. The zero-order chi connectivity index (χ0) is 48.5. The van der Waals surface area contributed by atoms with E-state index >= 15 is 0 Å². The van der Waals surface area contributed by atoms with Crippen LogP contribution in [0.2, 0.25) is 0 Å². The van der Waals surface area contributed by atoms with Crippen molar-refractivity contribution in [3.8, 4) is 44.5 Å². The second-order valence-electron chi connectivity index (χ2n) is 20.2. The molecule has 0 aliphatic heterocycles. The van der Waals surface area contributed by atoms with Crippen LogP contribution in [0.3, 0.4) is 0 Å². The Morgan fingerprint density at radius 3 is 1.11 bits per heavy atom. The van der Waals surface area contributed by atoms with E-state index in [1.807, 2.05) is 0 Å². The zero-order valence-electron chi connectivity index (χ0n) is 40.5. The van der Waals surface area contributed by atoms with Crippen molar-refractivity contribution < 1.29 is 0 Å². The first-order chi connectivity index (χ1) is 36.8. The average molecular weight is 939 g/mol. The Morgan fingerprint density at radius 2 is 0.581 bits per heavy atom. The highest BCUT2D eigenvalue weighted by Crippen LogP contribution is 2.68. The molecule has 0 aromatic heterocycles. The number of rotatable bonds is 6. The van der Waals surface area contributed by atoms with Gasteiger partial charge in [-0.15, -0.1) is 0 Å². The summed E-state index contributed by atoms with van der Waals surface area (Å²) in [7, 11) is 0. The first-order valence-corrected chi connectivity index (χ1v) is 25.8. The van der Waals surface area contributed by atoms with Gasteiger partial charge in [-0.1, -0.05) is 218 Å². The van der Waals surface area contributed by atoms with Crippen molar-refractivity contribution >= 4 is 44.9 Å². The lowest BCUT2D eigenvalue weighted by atomic mass is 9.70. The molecular formula is C72H46N2. The van der Waals surface area contributed by atoms with Crippen LogP contribution in [0.15, 0.2) is 279 Å². The highest BCUT2D eigenvalue weighted by atomic mass is 15.2. The van der Waals surface area contributed by atoms with Crippen molar-refractivity contribution in [1.29, 1.82) is 0 Å². The Bertz CT molecular complexity index is 4170. The molecule has 16 rings (SSSR count). The Hall–Kier alpha value is -9.50. The molecule has 4 aliphatic carbocycles. The molecule has 2 heteroatoms. The first kappa shape index (κ1) is 41.2. The molecule has 74 heavy (non-hydrogen) atoms. The van der Waals surface area contributed by atoms with E-state index < -0.39 is 10.8 Å². The summed E-state index contributed by atoms with van der Waals surface area (Å²) in [5.74, 6) is 0. The fraction of sp³-hybridized carbons (Fsp3) is 0.0278. The van der Waals surface area contributed by atoms with Crippen molar-refractivity contribution in [3.05, 3.63) is 324 Å². The highest BCUT2D eigenvalue weighted by Gasteiger charge is 2.54. The third kappa shape index (κ3) is 5.28. The fourth-order valence-electron chi connectivity index (χ4n) is 14.2. The molecule has 1 atom stereocenters. The van der Waals surface area contributed by atoms with Crippen LogP contribution in [0, 0.1) is 0 Å². The van der Waals surface area contributed by atoms with Gasteiger partial charge in [-0.05, 0) is 150 Å². The molecule has 0 radical (unpaired) electrons. The number of benzene rings is 12. The summed E-state index contributed by atoms with van der Waals surface area (Å²) in [4.78, 5) is 4.99. The molecule has 12 aromatic rings. The molecule has 0 bridgehead atoms. The van der Waals surface area contributed by atoms with E-state index in [0.29, 0.717) is 0 Å². The van der Waals surface area contributed by atoms with Crippen LogP contribution in [-0.2, 0) is 10.8 Å². The molecule has 0 fully saturated rings. The molecule has 0 heterocycles. The quantitative estimate of drug-likeness (QED) is 0.164. The predicted molar refractivity (Wildman–Crippen MR) is 306 cm³/mol. The Kier molecular flexibility index (Phi) is 8.62. The summed E-state index contributed by atoms with van der Waals surface area (Å²) in [6.45, 7) is 0. The maximum absolute atomic E-state index is 2.54. The summed E-state index contributed by atoms with van der Waals surface area (Å²) < 4.78 is 0. The number of nitrogens with zero attached hydrogens (tertiary/aromatic N) is 2. The molecule has 12 aromatic carbocycles. The molecule has 0 amide bonds. The van der Waals surface area contributed by atoms with Crippen molar-refractivity contribution in [2.45, 2.75) is 10.8 Å². The van der Waals surface area contributed by atoms with E-state index in [-0.39, 0.29) is 0 Å². The lowest BCUT2D eigenvalue weighted by Gasteiger charge is -2.34. The molecule has 344 valence electrons. The van der Waals surface area contributed by atoms with Gasteiger partial charge in [-0.2, -0.15) is 0 Å². The Morgan fingerprint density at radius 1 is 0.203 bits per heavy atom. The molecular weight excluding hydrogens is 893 g/mol. The van der Waals surface area contributed by atoms with Gasteiger partial charge >= 0.3 is 0 Å². The number of fused-ring (bicyclic) bond motifs is 22. The lowest BCUT2D eigenvalue weighted by Crippen LogP contribution is -2.26. The van der Waals surface area contributed by atoms with Gasteiger partial charge in [-0.3, -0.25) is 0 Å². The van der Waals surface area contributed by atoms with Crippen molar-refractivity contribution in [1.82, 2.24) is 0 Å². The number of para-hydroxylation sites is 3. The van der Waals surface area contributed by atoms with Crippen LogP contribution in [-0.4, -0.2) is 0 Å². The van der Waals surface area contributed by atoms with E-state index in [9.17, 15) is 0 Å². The van der Waals surface area contributed by atoms with Crippen molar-refractivity contribution in [3.63, 3.8) is 0 Å². The molecule has 0 saturated carbocycles. The second kappa shape index (κ2) is 15.5. The van der Waals surface area contributed by atoms with Crippen LogP contribution in [0.1, 0.15) is 44.5 Å².